The van der Waals surface area contributed by atoms with Crippen LogP contribution >= 0.6 is 0 Å². The van der Waals surface area contributed by atoms with Crippen LogP contribution in [0.5, 0.6) is 0 Å². The van der Waals surface area contributed by atoms with Gasteiger partial charge in [-0.1, -0.05) is 18.2 Å². The predicted molar refractivity (Wildman–Crippen MR) is 56.7 cm³/mol. The van der Waals surface area contributed by atoms with Crippen molar-refractivity contribution in [3.63, 3.8) is 0 Å². The second-order valence-electron chi connectivity index (χ2n) is 4.22. The van der Waals surface area contributed by atoms with E-state index < -0.39 is 17.8 Å². The Balaban J connectivity index is 2.26. The van der Waals surface area contributed by atoms with Gasteiger partial charge in [0.05, 0.1) is 11.7 Å². The molecule has 1 N–H and O–H groups in total. The molecule has 2 rings (SSSR count). The minimum absolute atomic E-state index is 0.241. The van der Waals surface area contributed by atoms with E-state index in [1.54, 1.807) is 6.07 Å². The summed E-state index contributed by atoms with van der Waals surface area (Å²) in [5.74, 6) is -0.241. The van der Waals surface area contributed by atoms with Crippen LogP contribution in [0.15, 0.2) is 24.3 Å². The van der Waals surface area contributed by atoms with Gasteiger partial charge in [0.25, 0.3) is 0 Å². The summed E-state index contributed by atoms with van der Waals surface area (Å²) in [6.45, 7) is 0.902. The van der Waals surface area contributed by atoms with E-state index in [1.807, 2.05) is 0 Å². The summed E-state index contributed by atoms with van der Waals surface area (Å²) in [5, 5.41) is 13.8. The fourth-order valence-corrected chi connectivity index (χ4v) is 2.11. The van der Waals surface area contributed by atoms with Crippen molar-refractivity contribution in [1.82, 2.24) is 5.32 Å². The first kappa shape index (κ1) is 12.4. The Bertz CT molecular complexity index is 392. The predicted octanol–water partition coefficient (Wildman–Crippen LogP) is 2.16. The second kappa shape index (κ2) is 4.66. The van der Waals surface area contributed by atoms with Crippen LogP contribution in [0.2, 0.25) is 0 Å². The maximum absolute atomic E-state index is 12.6. The molecular formula is C12H13F3NO. The molecule has 0 amide bonds. The summed E-state index contributed by atoms with van der Waals surface area (Å²) in [4.78, 5) is 0. The van der Waals surface area contributed by atoms with Gasteiger partial charge in [-0.2, -0.15) is 13.2 Å². The zero-order chi connectivity index (χ0) is 12.5. The zero-order valence-electron chi connectivity index (χ0n) is 9.11. The van der Waals surface area contributed by atoms with Crippen molar-refractivity contribution in [3.8, 4) is 0 Å². The van der Waals surface area contributed by atoms with E-state index in [1.165, 1.54) is 6.07 Å². The molecule has 1 aliphatic heterocycles. The molecular weight excluding hydrogens is 231 g/mol. The van der Waals surface area contributed by atoms with Crippen LogP contribution < -0.4 is 5.32 Å². The van der Waals surface area contributed by atoms with Crippen molar-refractivity contribution in [3.05, 3.63) is 35.4 Å². The standard InChI is InChI=1S/C12H13F3NO/c13-12(14,15)9-3-1-2-8(6-9)10-4-5-16-7-11(10)17/h1-3,6,10-11,17H,4-5,7H2. The first-order valence-electron chi connectivity index (χ1n) is 5.47. The maximum atomic E-state index is 12.6. The minimum atomic E-state index is -4.33. The summed E-state index contributed by atoms with van der Waals surface area (Å²) >= 11 is 0. The molecule has 1 aromatic carbocycles. The van der Waals surface area contributed by atoms with Crippen LogP contribution in [-0.2, 0) is 6.18 Å². The van der Waals surface area contributed by atoms with E-state index in [9.17, 15) is 18.3 Å². The summed E-state index contributed by atoms with van der Waals surface area (Å²) in [6.07, 6.45) is -4.41. The molecule has 0 bridgehead atoms. The Hall–Kier alpha value is -1.07. The average Bonchev–Trinajstić information content (AvgIpc) is 2.29. The van der Waals surface area contributed by atoms with E-state index in [-0.39, 0.29) is 5.92 Å². The first-order valence-corrected chi connectivity index (χ1v) is 5.47. The van der Waals surface area contributed by atoms with Crippen LogP contribution in [0.3, 0.4) is 0 Å². The molecule has 1 saturated heterocycles. The molecule has 0 aromatic heterocycles. The number of alkyl halides is 3. The van der Waals surface area contributed by atoms with Gasteiger partial charge in [0.2, 0.25) is 0 Å². The van der Waals surface area contributed by atoms with Crippen molar-refractivity contribution < 1.29 is 18.3 Å². The van der Waals surface area contributed by atoms with Crippen LogP contribution in [0.1, 0.15) is 23.5 Å². The van der Waals surface area contributed by atoms with E-state index >= 15 is 0 Å². The summed E-state index contributed by atoms with van der Waals surface area (Å²) < 4.78 is 37.7. The van der Waals surface area contributed by atoms with Gasteiger partial charge in [-0.05, 0) is 18.1 Å². The third kappa shape index (κ3) is 2.79. The smallest absolute Gasteiger partial charge is 0.391 e. The summed E-state index contributed by atoms with van der Waals surface area (Å²) in [6, 6.07) is 5.19. The molecule has 93 valence electrons. The number of aliphatic hydroxyl groups excluding tert-OH is 1. The van der Waals surface area contributed by atoms with Crippen molar-refractivity contribution in [2.45, 2.75) is 24.6 Å². The normalized spacial score (nSPS) is 25.9. The lowest BCUT2D eigenvalue weighted by Crippen LogP contribution is -2.35. The Morgan fingerprint density at radius 2 is 2.06 bits per heavy atom. The molecule has 2 nitrogen and oxygen atoms in total. The van der Waals surface area contributed by atoms with Crippen molar-refractivity contribution >= 4 is 0 Å². The number of benzene rings is 1. The molecule has 0 saturated carbocycles. The SMILES string of the molecule is OC1C[N]CCC1c1cccc(C(F)(F)F)c1. The Morgan fingerprint density at radius 3 is 2.71 bits per heavy atom. The quantitative estimate of drug-likeness (QED) is 0.807. The minimum Gasteiger partial charge on any atom is -0.391 e. The highest BCUT2D eigenvalue weighted by Gasteiger charge is 2.32. The number of rotatable bonds is 1. The molecule has 5 heteroatoms. The summed E-state index contributed by atoms with van der Waals surface area (Å²) in [5.41, 5.74) is -0.119. The van der Waals surface area contributed by atoms with Crippen LogP contribution in [0, 0.1) is 0 Å². The molecule has 0 aliphatic carbocycles. The highest BCUT2D eigenvalue weighted by atomic mass is 19.4. The van der Waals surface area contributed by atoms with Crippen molar-refractivity contribution in [1.29, 1.82) is 0 Å². The zero-order valence-corrected chi connectivity index (χ0v) is 9.11. The van der Waals surface area contributed by atoms with Gasteiger partial charge in [0.15, 0.2) is 0 Å². The van der Waals surface area contributed by atoms with Gasteiger partial charge < -0.3 is 5.11 Å². The van der Waals surface area contributed by atoms with E-state index in [2.05, 4.69) is 5.32 Å². The van der Waals surface area contributed by atoms with Gasteiger partial charge in [-0.15, -0.1) is 0 Å². The molecule has 0 spiro atoms. The fourth-order valence-electron chi connectivity index (χ4n) is 2.11. The molecule has 2 unspecified atom stereocenters. The molecule has 1 fully saturated rings. The highest BCUT2D eigenvalue weighted by molar-refractivity contribution is 5.29. The Morgan fingerprint density at radius 1 is 1.29 bits per heavy atom. The Kier molecular flexibility index (Phi) is 3.40. The largest absolute Gasteiger partial charge is 0.416 e. The van der Waals surface area contributed by atoms with Gasteiger partial charge >= 0.3 is 6.18 Å². The van der Waals surface area contributed by atoms with Gasteiger partial charge in [0.1, 0.15) is 0 Å². The fraction of sp³-hybridized carbons (Fsp3) is 0.500. The topological polar surface area (TPSA) is 34.3 Å². The first-order chi connectivity index (χ1) is 7.98. The van der Waals surface area contributed by atoms with E-state index in [0.29, 0.717) is 25.1 Å². The molecule has 1 aromatic rings. The van der Waals surface area contributed by atoms with Crippen LogP contribution in [-0.4, -0.2) is 24.3 Å². The molecule has 1 aliphatic rings. The molecule has 17 heavy (non-hydrogen) atoms. The Labute approximate surface area is 97.5 Å². The summed E-state index contributed by atoms with van der Waals surface area (Å²) in [7, 11) is 0. The lowest BCUT2D eigenvalue weighted by molar-refractivity contribution is -0.137. The number of hydrogen-bond donors (Lipinski definition) is 1. The van der Waals surface area contributed by atoms with Gasteiger partial charge in [0, 0.05) is 19.0 Å². The lowest BCUT2D eigenvalue weighted by atomic mass is 9.87. The number of halogens is 3. The number of aliphatic hydroxyl groups is 1. The molecule has 1 heterocycles. The number of nitrogens with zero attached hydrogens (tertiary/aromatic N) is 1. The second-order valence-corrected chi connectivity index (χ2v) is 4.22. The van der Waals surface area contributed by atoms with Crippen LogP contribution in [0.25, 0.3) is 0 Å². The third-order valence-electron chi connectivity index (χ3n) is 3.02. The third-order valence-corrected chi connectivity index (χ3v) is 3.02. The van der Waals surface area contributed by atoms with E-state index in [4.69, 9.17) is 0 Å². The highest BCUT2D eigenvalue weighted by Crippen LogP contribution is 2.33. The lowest BCUT2D eigenvalue weighted by Gasteiger charge is -2.28. The van der Waals surface area contributed by atoms with Crippen LogP contribution in [0.4, 0.5) is 13.2 Å². The monoisotopic (exact) mass is 244 g/mol. The molecule has 1 radical (unpaired) electrons. The number of piperidine rings is 1. The average molecular weight is 244 g/mol. The van der Waals surface area contributed by atoms with E-state index in [0.717, 1.165) is 12.1 Å². The maximum Gasteiger partial charge on any atom is 0.416 e. The number of hydrogen-bond acceptors (Lipinski definition) is 1. The molecule has 2 atom stereocenters. The van der Waals surface area contributed by atoms with Gasteiger partial charge in [-0.25, -0.2) is 5.32 Å². The van der Waals surface area contributed by atoms with Crippen molar-refractivity contribution in [2.75, 3.05) is 13.1 Å². The van der Waals surface area contributed by atoms with Gasteiger partial charge in [-0.3, -0.25) is 0 Å². The van der Waals surface area contributed by atoms with Crippen molar-refractivity contribution in [2.24, 2.45) is 0 Å².